The predicted molar refractivity (Wildman–Crippen MR) is 73.4 cm³/mol. The number of rotatable bonds is 2. The molecule has 0 aliphatic carbocycles. The summed E-state index contributed by atoms with van der Waals surface area (Å²) in [6.45, 7) is 0. The molecule has 0 fully saturated rings. The van der Waals surface area contributed by atoms with Gasteiger partial charge in [0.05, 0.1) is 5.52 Å². The van der Waals surface area contributed by atoms with Crippen molar-refractivity contribution in [3.05, 3.63) is 60.1 Å². The lowest BCUT2D eigenvalue weighted by Crippen LogP contribution is -2.12. The fraction of sp³-hybridized carbons (Fsp3) is 0. The molecular weight excluding hydrogens is 276 g/mol. The first-order chi connectivity index (χ1) is 10.1. The van der Waals surface area contributed by atoms with Crippen LogP contribution in [0.5, 0.6) is 0 Å². The molecule has 0 bridgehead atoms. The number of halogens is 2. The van der Waals surface area contributed by atoms with E-state index in [1.807, 2.05) is 0 Å². The molecule has 0 spiro atoms. The van der Waals surface area contributed by atoms with Crippen LogP contribution in [0.1, 0.15) is 10.5 Å². The van der Waals surface area contributed by atoms with Gasteiger partial charge in [0, 0.05) is 23.3 Å². The number of primary amides is 1. The molecule has 0 aliphatic rings. The second kappa shape index (κ2) is 4.90. The molecule has 0 radical (unpaired) electrons. The number of nitrogens with zero attached hydrogens (tertiary/aromatic N) is 2. The van der Waals surface area contributed by atoms with Crippen molar-refractivity contribution in [2.75, 3.05) is 0 Å². The smallest absolute Gasteiger partial charge is 0.267 e. The van der Waals surface area contributed by atoms with Crippen molar-refractivity contribution in [3.63, 3.8) is 0 Å². The summed E-state index contributed by atoms with van der Waals surface area (Å²) in [4.78, 5) is 19.4. The second-order valence-electron chi connectivity index (χ2n) is 4.45. The zero-order valence-electron chi connectivity index (χ0n) is 10.7. The zero-order chi connectivity index (χ0) is 15.0. The van der Waals surface area contributed by atoms with E-state index < -0.39 is 17.5 Å². The van der Waals surface area contributed by atoms with Crippen LogP contribution in [0.3, 0.4) is 0 Å². The maximum atomic E-state index is 13.4. The summed E-state index contributed by atoms with van der Waals surface area (Å²) >= 11 is 0. The van der Waals surface area contributed by atoms with Crippen LogP contribution in [0, 0.1) is 11.6 Å². The fourth-order valence-electron chi connectivity index (χ4n) is 2.06. The van der Waals surface area contributed by atoms with Crippen molar-refractivity contribution in [1.29, 1.82) is 0 Å². The standard InChI is InChI=1S/C15H9F2N3O/c16-11-3-1-8(5-12(11)17)10-7-19-6-9-2-4-13(15(18)21)20-14(9)10/h1-7H,(H2,18,21). The van der Waals surface area contributed by atoms with Crippen LogP contribution in [0.4, 0.5) is 8.78 Å². The number of aromatic nitrogens is 2. The van der Waals surface area contributed by atoms with Gasteiger partial charge in [0.25, 0.3) is 5.91 Å². The summed E-state index contributed by atoms with van der Waals surface area (Å²) in [5.74, 6) is -2.56. The van der Waals surface area contributed by atoms with Gasteiger partial charge in [-0.2, -0.15) is 0 Å². The van der Waals surface area contributed by atoms with Crippen LogP contribution in [-0.4, -0.2) is 15.9 Å². The third kappa shape index (κ3) is 2.31. The van der Waals surface area contributed by atoms with Crippen molar-refractivity contribution in [3.8, 4) is 11.1 Å². The highest BCUT2D eigenvalue weighted by Gasteiger charge is 2.11. The molecule has 0 unspecified atom stereocenters. The van der Waals surface area contributed by atoms with Gasteiger partial charge in [0.1, 0.15) is 5.69 Å². The highest BCUT2D eigenvalue weighted by Crippen LogP contribution is 2.27. The third-order valence-corrected chi connectivity index (χ3v) is 3.08. The van der Waals surface area contributed by atoms with Crippen molar-refractivity contribution >= 4 is 16.8 Å². The van der Waals surface area contributed by atoms with Gasteiger partial charge in [-0.25, -0.2) is 13.8 Å². The maximum Gasteiger partial charge on any atom is 0.267 e. The molecule has 104 valence electrons. The average Bonchev–Trinajstić information content (AvgIpc) is 2.49. The number of benzene rings is 1. The van der Waals surface area contributed by atoms with Gasteiger partial charge in [-0.15, -0.1) is 0 Å². The Morgan fingerprint density at radius 1 is 1.05 bits per heavy atom. The van der Waals surface area contributed by atoms with E-state index in [9.17, 15) is 13.6 Å². The van der Waals surface area contributed by atoms with Gasteiger partial charge in [0.2, 0.25) is 0 Å². The van der Waals surface area contributed by atoms with Crippen molar-refractivity contribution in [1.82, 2.24) is 9.97 Å². The van der Waals surface area contributed by atoms with Crippen molar-refractivity contribution in [2.45, 2.75) is 0 Å². The van der Waals surface area contributed by atoms with Gasteiger partial charge in [-0.3, -0.25) is 9.78 Å². The first-order valence-electron chi connectivity index (χ1n) is 6.06. The number of pyridine rings is 2. The van der Waals surface area contributed by atoms with Gasteiger partial charge in [-0.05, 0) is 29.8 Å². The predicted octanol–water partition coefficient (Wildman–Crippen LogP) is 2.67. The number of fused-ring (bicyclic) bond motifs is 1. The summed E-state index contributed by atoms with van der Waals surface area (Å²) in [5.41, 5.74) is 6.67. The SMILES string of the molecule is NC(=O)c1ccc2cncc(-c3ccc(F)c(F)c3)c2n1. The summed E-state index contributed by atoms with van der Waals surface area (Å²) in [6.07, 6.45) is 3.04. The molecule has 0 atom stereocenters. The fourth-order valence-corrected chi connectivity index (χ4v) is 2.06. The lowest BCUT2D eigenvalue weighted by atomic mass is 10.0. The molecule has 3 aromatic rings. The van der Waals surface area contributed by atoms with E-state index in [1.54, 1.807) is 12.3 Å². The van der Waals surface area contributed by atoms with E-state index in [0.717, 1.165) is 12.1 Å². The first kappa shape index (κ1) is 13.1. The van der Waals surface area contributed by atoms with Crippen molar-refractivity contribution < 1.29 is 13.6 Å². The topological polar surface area (TPSA) is 68.9 Å². The van der Waals surface area contributed by atoms with E-state index in [-0.39, 0.29) is 5.69 Å². The van der Waals surface area contributed by atoms with Gasteiger partial charge >= 0.3 is 0 Å². The molecule has 6 heteroatoms. The van der Waals surface area contributed by atoms with E-state index in [4.69, 9.17) is 5.73 Å². The minimum Gasteiger partial charge on any atom is -0.364 e. The first-order valence-corrected chi connectivity index (χ1v) is 6.06. The second-order valence-corrected chi connectivity index (χ2v) is 4.45. The Balaban J connectivity index is 2.28. The quantitative estimate of drug-likeness (QED) is 0.787. The molecule has 1 aromatic carbocycles. The summed E-state index contributed by atoms with van der Waals surface area (Å²) in [5, 5.41) is 0.669. The van der Waals surface area contributed by atoms with Crippen LogP contribution in [-0.2, 0) is 0 Å². The zero-order valence-corrected chi connectivity index (χ0v) is 10.7. The van der Waals surface area contributed by atoms with E-state index in [2.05, 4.69) is 9.97 Å². The number of nitrogens with two attached hydrogens (primary N) is 1. The maximum absolute atomic E-state index is 13.4. The van der Waals surface area contributed by atoms with Gasteiger partial charge < -0.3 is 5.73 Å². The molecular formula is C15H9F2N3O. The normalized spacial score (nSPS) is 10.8. The summed E-state index contributed by atoms with van der Waals surface area (Å²) < 4.78 is 26.4. The Morgan fingerprint density at radius 2 is 1.86 bits per heavy atom. The highest BCUT2D eigenvalue weighted by atomic mass is 19.2. The molecule has 2 N–H and O–H groups in total. The lowest BCUT2D eigenvalue weighted by molar-refractivity contribution is 0.0996. The number of carbonyl (C=O) groups excluding carboxylic acids is 1. The Labute approximate surface area is 118 Å². The van der Waals surface area contributed by atoms with Crippen LogP contribution in [0.15, 0.2) is 42.7 Å². The monoisotopic (exact) mass is 285 g/mol. The molecule has 2 heterocycles. The van der Waals surface area contributed by atoms with Crippen LogP contribution >= 0.6 is 0 Å². The Hall–Kier alpha value is -2.89. The lowest BCUT2D eigenvalue weighted by Gasteiger charge is -2.07. The molecule has 0 saturated heterocycles. The number of carbonyl (C=O) groups is 1. The highest BCUT2D eigenvalue weighted by molar-refractivity contribution is 5.97. The largest absolute Gasteiger partial charge is 0.364 e. The average molecular weight is 285 g/mol. The Morgan fingerprint density at radius 3 is 2.57 bits per heavy atom. The van der Waals surface area contributed by atoms with Gasteiger partial charge in [0.15, 0.2) is 11.6 Å². The van der Waals surface area contributed by atoms with Crippen molar-refractivity contribution in [2.24, 2.45) is 5.73 Å². The number of amides is 1. The number of hydrogen-bond donors (Lipinski definition) is 1. The minimum absolute atomic E-state index is 0.0949. The van der Waals surface area contributed by atoms with Crippen LogP contribution in [0.25, 0.3) is 22.0 Å². The Kier molecular flexibility index (Phi) is 3.06. The summed E-state index contributed by atoms with van der Waals surface area (Å²) in [7, 11) is 0. The molecule has 2 aromatic heterocycles. The van der Waals surface area contributed by atoms with Crippen LogP contribution < -0.4 is 5.73 Å². The van der Waals surface area contributed by atoms with Gasteiger partial charge in [-0.1, -0.05) is 6.07 Å². The molecule has 1 amide bonds. The molecule has 4 nitrogen and oxygen atoms in total. The van der Waals surface area contributed by atoms with E-state index in [1.165, 1.54) is 18.3 Å². The van der Waals surface area contributed by atoms with E-state index >= 15 is 0 Å². The Bertz CT molecular complexity index is 865. The molecule has 21 heavy (non-hydrogen) atoms. The molecule has 0 aliphatic heterocycles. The summed E-state index contributed by atoms with van der Waals surface area (Å²) in [6, 6.07) is 6.65. The van der Waals surface area contributed by atoms with E-state index in [0.29, 0.717) is 22.0 Å². The third-order valence-electron chi connectivity index (χ3n) is 3.08. The molecule has 3 rings (SSSR count). The molecule has 0 saturated carbocycles. The minimum atomic E-state index is -0.962. The van der Waals surface area contributed by atoms with Crippen LogP contribution in [0.2, 0.25) is 0 Å². The number of hydrogen-bond acceptors (Lipinski definition) is 3.